The Hall–Kier alpha value is -0.960. The van der Waals surface area contributed by atoms with Crippen LogP contribution < -0.4 is 0 Å². The molecule has 15 heavy (non-hydrogen) atoms. The second kappa shape index (κ2) is 4.27. The molecular weight excluding hydrogens is 225 g/mol. The molecule has 0 saturated heterocycles. The molecule has 0 aliphatic rings. The third-order valence-electron chi connectivity index (χ3n) is 2.09. The Balaban J connectivity index is 3.33. The van der Waals surface area contributed by atoms with Crippen molar-refractivity contribution in [1.29, 1.82) is 0 Å². The number of halogens is 4. The molecule has 0 unspecified atom stereocenters. The number of hydrogen-bond donors (Lipinski definition) is 0. The molecule has 0 fully saturated rings. The minimum Gasteiger partial charge on any atom is -0.166 e. The fourth-order valence-corrected chi connectivity index (χ4v) is 1.42. The van der Waals surface area contributed by atoms with Crippen LogP contribution in [0, 0.1) is 0 Å². The zero-order chi connectivity index (χ0) is 11.6. The largest absolute Gasteiger partial charge is 0.417 e. The van der Waals surface area contributed by atoms with E-state index in [1.165, 1.54) is 12.1 Å². The summed E-state index contributed by atoms with van der Waals surface area (Å²) in [5, 5.41) is 0.0787. The minimum atomic E-state index is -4.39. The summed E-state index contributed by atoms with van der Waals surface area (Å²) < 4.78 is 37.9. The lowest BCUT2D eigenvalue weighted by Crippen LogP contribution is -2.08. The summed E-state index contributed by atoms with van der Waals surface area (Å²) in [4.78, 5) is 0. The highest BCUT2D eigenvalue weighted by atomic mass is 35.5. The van der Waals surface area contributed by atoms with Crippen LogP contribution in [0.2, 0.25) is 5.02 Å². The summed E-state index contributed by atoms with van der Waals surface area (Å²) in [6.45, 7) is 5.37. The van der Waals surface area contributed by atoms with Crippen LogP contribution in [0.3, 0.4) is 0 Å². The van der Waals surface area contributed by atoms with E-state index in [0.29, 0.717) is 12.0 Å². The van der Waals surface area contributed by atoms with E-state index in [1.54, 1.807) is 6.92 Å². The number of rotatable bonds is 2. The summed E-state index contributed by atoms with van der Waals surface area (Å²) in [5.41, 5.74) is -0.143. The Morgan fingerprint density at radius 3 is 2.47 bits per heavy atom. The quantitative estimate of drug-likeness (QED) is 0.691. The van der Waals surface area contributed by atoms with Crippen LogP contribution in [0.25, 0.3) is 5.57 Å². The van der Waals surface area contributed by atoms with Crippen molar-refractivity contribution >= 4 is 17.2 Å². The molecule has 0 N–H and O–H groups in total. The van der Waals surface area contributed by atoms with Gasteiger partial charge in [-0.1, -0.05) is 31.2 Å². The molecule has 0 heterocycles. The van der Waals surface area contributed by atoms with Crippen LogP contribution in [0.15, 0.2) is 24.8 Å². The lowest BCUT2D eigenvalue weighted by Gasteiger charge is -2.14. The molecule has 0 aliphatic heterocycles. The fourth-order valence-electron chi connectivity index (χ4n) is 1.25. The van der Waals surface area contributed by atoms with Gasteiger partial charge >= 0.3 is 6.18 Å². The Labute approximate surface area is 91.4 Å². The van der Waals surface area contributed by atoms with E-state index in [-0.39, 0.29) is 10.6 Å². The van der Waals surface area contributed by atoms with E-state index < -0.39 is 11.7 Å². The lowest BCUT2D eigenvalue weighted by atomic mass is 9.99. The van der Waals surface area contributed by atoms with Crippen molar-refractivity contribution in [3.63, 3.8) is 0 Å². The van der Waals surface area contributed by atoms with Crippen molar-refractivity contribution in [1.82, 2.24) is 0 Å². The predicted molar refractivity (Wildman–Crippen MR) is 55.8 cm³/mol. The molecule has 0 bridgehead atoms. The Bertz CT molecular complexity index is 380. The van der Waals surface area contributed by atoms with Crippen LogP contribution >= 0.6 is 11.6 Å². The van der Waals surface area contributed by atoms with Gasteiger partial charge in [-0.2, -0.15) is 13.2 Å². The number of benzene rings is 1. The number of hydrogen-bond acceptors (Lipinski definition) is 0. The second-order valence-corrected chi connectivity index (χ2v) is 3.58. The number of alkyl halides is 3. The zero-order valence-corrected chi connectivity index (χ0v) is 8.91. The molecule has 82 valence electrons. The van der Waals surface area contributed by atoms with Crippen molar-refractivity contribution in [3.8, 4) is 0 Å². The average Bonchev–Trinajstić information content (AvgIpc) is 2.15. The van der Waals surface area contributed by atoms with E-state index in [0.717, 1.165) is 6.07 Å². The highest BCUT2D eigenvalue weighted by Gasteiger charge is 2.33. The molecule has 0 radical (unpaired) electrons. The van der Waals surface area contributed by atoms with Crippen molar-refractivity contribution in [2.75, 3.05) is 0 Å². The Kier molecular flexibility index (Phi) is 3.45. The molecule has 4 heteroatoms. The maximum atomic E-state index is 12.6. The molecule has 0 aliphatic carbocycles. The van der Waals surface area contributed by atoms with Crippen LogP contribution in [-0.2, 0) is 6.18 Å². The number of allylic oxidation sites excluding steroid dienone is 1. The third kappa shape index (κ3) is 2.75. The van der Waals surface area contributed by atoms with Gasteiger partial charge in [-0.3, -0.25) is 0 Å². The van der Waals surface area contributed by atoms with Gasteiger partial charge in [-0.25, -0.2) is 0 Å². The van der Waals surface area contributed by atoms with Gasteiger partial charge in [0.05, 0.1) is 5.56 Å². The van der Waals surface area contributed by atoms with E-state index in [9.17, 15) is 13.2 Å². The van der Waals surface area contributed by atoms with Crippen LogP contribution in [-0.4, -0.2) is 0 Å². The minimum absolute atomic E-state index is 0.0787. The summed E-state index contributed by atoms with van der Waals surface area (Å²) in [6, 6.07) is 3.72. The van der Waals surface area contributed by atoms with E-state index >= 15 is 0 Å². The van der Waals surface area contributed by atoms with Gasteiger partial charge < -0.3 is 0 Å². The molecule has 0 atom stereocenters. The van der Waals surface area contributed by atoms with Gasteiger partial charge in [0.1, 0.15) is 0 Å². The predicted octanol–water partition coefficient (Wildman–Crippen LogP) is 4.78. The van der Waals surface area contributed by atoms with E-state index in [1.807, 2.05) is 0 Å². The van der Waals surface area contributed by atoms with Gasteiger partial charge in [0.15, 0.2) is 0 Å². The monoisotopic (exact) mass is 234 g/mol. The van der Waals surface area contributed by atoms with Gasteiger partial charge in [0.2, 0.25) is 0 Å². The van der Waals surface area contributed by atoms with Crippen LogP contribution in [0.5, 0.6) is 0 Å². The van der Waals surface area contributed by atoms with E-state index in [2.05, 4.69) is 6.58 Å². The highest BCUT2D eigenvalue weighted by Crippen LogP contribution is 2.36. The topological polar surface area (TPSA) is 0 Å². The molecule has 1 aromatic rings. The Morgan fingerprint density at radius 2 is 2.00 bits per heavy atom. The lowest BCUT2D eigenvalue weighted by molar-refractivity contribution is -0.137. The molecule has 0 nitrogen and oxygen atoms in total. The van der Waals surface area contributed by atoms with Crippen molar-refractivity contribution in [2.45, 2.75) is 19.5 Å². The van der Waals surface area contributed by atoms with Crippen LogP contribution in [0.1, 0.15) is 24.5 Å². The first-order chi connectivity index (χ1) is 6.86. The van der Waals surface area contributed by atoms with Crippen molar-refractivity contribution in [2.24, 2.45) is 0 Å². The Morgan fingerprint density at radius 1 is 1.40 bits per heavy atom. The molecular formula is C11H10ClF3. The summed E-state index contributed by atoms with van der Waals surface area (Å²) in [5.74, 6) is 0. The summed E-state index contributed by atoms with van der Waals surface area (Å²) in [7, 11) is 0. The normalized spacial score (nSPS) is 11.5. The molecule has 0 amide bonds. The standard InChI is InChI=1S/C11H10ClF3/c1-3-7(2)9-5-4-8(12)6-10(9)11(13,14)15/h4-6H,2-3H2,1H3. The summed E-state index contributed by atoms with van der Waals surface area (Å²) >= 11 is 5.54. The highest BCUT2D eigenvalue weighted by molar-refractivity contribution is 6.30. The maximum absolute atomic E-state index is 12.6. The summed E-state index contributed by atoms with van der Waals surface area (Å²) in [6.07, 6.45) is -3.91. The van der Waals surface area contributed by atoms with Gasteiger partial charge in [-0.05, 0) is 29.7 Å². The van der Waals surface area contributed by atoms with Gasteiger partial charge in [-0.15, -0.1) is 0 Å². The molecule has 1 aromatic carbocycles. The van der Waals surface area contributed by atoms with Gasteiger partial charge in [0, 0.05) is 5.02 Å². The molecule has 0 spiro atoms. The van der Waals surface area contributed by atoms with E-state index in [4.69, 9.17) is 11.6 Å². The van der Waals surface area contributed by atoms with Crippen molar-refractivity contribution in [3.05, 3.63) is 40.9 Å². The van der Waals surface area contributed by atoms with Crippen molar-refractivity contribution < 1.29 is 13.2 Å². The molecule has 0 saturated carbocycles. The second-order valence-electron chi connectivity index (χ2n) is 3.14. The first-order valence-corrected chi connectivity index (χ1v) is 4.79. The first kappa shape index (κ1) is 12.1. The van der Waals surface area contributed by atoms with Gasteiger partial charge in [0.25, 0.3) is 0 Å². The average molecular weight is 235 g/mol. The SMILES string of the molecule is C=C(CC)c1ccc(Cl)cc1C(F)(F)F. The third-order valence-corrected chi connectivity index (χ3v) is 2.33. The van der Waals surface area contributed by atoms with Crippen LogP contribution in [0.4, 0.5) is 13.2 Å². The molecule has 1 rings (SSSR count). The fraction of sp³-hybridized carbons (Fsp3) is 0.273. The first-order valence-electron chi connectivity index (χ1n) is 4.41. The maximum Gasteiger partial charge on any atom is 0.417 e. The molecule has 0 aromatic heterocycles. The smallest absolute Gasteiger partial charge is 0.166 e. The zero-order valence-electron chi connectivity index (χ0n) is 8.16.